The third-order valence-corrected chi connectivity index (χ3v) is 6.99. The maximum atomic E-state index is 12.3. The van der Waals surface area contributed by atoms with E-state index >= 15 is 0 Å². The van der Waals surface area contributed by atoms with Crippen LogP contribution in [0.4, 0.5) is 22.5 Å². The molecule has 11 nitrogen and oxygen atoms in total. The second kappa shape index (κ2) is 8.29. The van der Waals surface area contributed by atoms with Crippen molar-refractivity contribution in [2.45, 2.75) is 38.3 Å². The molecule has 0 radical (unpaired) electrons. The standard InChI is InChI=1S/C22H31N9O2/c1-14-12-33-9-8-30(14)20-27-17(15-10-25-19(23)26-11-15)16-4-6-31(18(16)28-20)22(2)5-7-29(13-22)21(32)24-3/h10-11,14H,4-9,12-13H2,1-3H3,(H,24,32)(H2,23,25,26)/t14-,22-/m0/s1. The molecule has 176 valence electrons. The van der Waals surface area contributed by atoms with Crippen molar-refractivity contribution in [3.05, 3.63) is 18.0 Å². The molecule has 2 atom stereocenters. The number of aromatic nitrogens is 4. The minimum absolute atomic E-state index is 0.0385. The van der Waals surface area contributed by atoms with Crippen molar-refractivity contribution in [2.24, 2.45) is 0 Å². The molecule has 2 aromatic rings. The molecule has 0 saturated carbocycles. The van der Waals surface area contributed by atoms with Crippen LogP contribution in [-0.2, 0) is 11.2 Å². The molecule has 5 heterocycles. The van der Waals surface area contributed by atoms with E-state index in [9.17, 15) is 4.79 Å². The van der Waals surface area contributed by atoms with E-state index in [4.69, 9.17) is 20.4 Å². The predicted molar refractivity (Wildman–Crippen MR) is 125 cm³/mol. The predicted octanol–water partition coefficient (Wildman–Crippen LogP) is 0.907. The molecule has 0 aliphatic carbocycles. The first-order chi connectivity index (χ1) is 15.9. The summed E-state index contributed by atoms with van der Waals surface area (Å²) in [6, 6.07) is 0.136. The van der Waals surface area contributed by atoms with E-state index < -0.39 is 0 Å². The van der Waals surface area contributed by atoms with E-state index in [-0.39, 0.29) is 23.6 Å². The summed E-state index contributed by atoms with van der Waals surface area (Å²) in [4.78, 5) is 37.2. The maximum absolute atomic E-state index is 12.3. The Labute approximate surface area is 193 Å². The number of ether oxygens (including phenoxy) is 1. The van der Waals surface area contributed by atoms with Gasteiger partial charge < -0.3 is 30.5 Å². The van der Waals surface area contributed by atoms with Gasteiger partial charge in [0.2, 0.25) is 11.9 Å². The van der Waals surface area contributed by atoms with Gasteiger partial charge in [0.25, 0.3) is 0 Å². The lowest BCUT2D eigenvalue weighted by atomic mass is 9.99. The molecular formula is C22H31N9O2. The summed E-state index contributed by atoms with van der Waals surface area (Å²) in [6.45, 7) is 8.57. The highest BCUT2D eigenvalue weighted by Gasteiger charge is 2.44. The number of morpholine rings is 1. The second-order valence-corrected chi connectivity index (χ2v) is 9.25. The van der Waals surface area contributed by atoms with Gasteiger partial charge in [-0.15, -0.1) is 0 Å². The highest BCUT2D eigenvalue weighted by atomic mass is 16.5. The third kappa shape index (κ3) is 3.79. The summed E-state index contributed by atoms with van der Waals surface area (Å²) in [7, 11) is 1.67. The van der Waals surface area contributed by atoms with Crippen molar-refractivity contribution in [3.63, 3.8) is 0 Å². The Bertz CT molecular complexity index is 1050. The number of nitrogens with zero attached hydrogens (tertiary/aromatic N) is 7. The third-order valence-electron chi connectivity index (χ3n) is 6.99. The maximum Gasteiger partial charge on any atom is 0.317 e. The highest BCUT2D eigenvalue weighted by Crippen LogP contribution is 2.41. The summed E-state index contributed by atoms with van der Waals surface area (Å²) >= 11 is 0. The van der Waals surface area contributed by atoms with Gasteiger partial charge in [0.15, 0.2) is 0 Å². The van der Waals surface area contributed by atoms with Gasteiger partial charge in [-0.05, 0) is 26.7 Å². The Morgan fingerprint density at radius 3 is 2.76 bits per heavy atom. The van der Waals surface area contributed by atoms with Crippen LogP contribution in [0, 0.1) is 0 Å². The molecule has 0 aromatic carbocycles. The topological polar surface area (TPSA) is 126 Å². The summed E-state index contributed by atoms with van der Waals surface area (Å²) in [6.07, 6.45) is 5.16. The monoisotopic (exact) mass is 453 g/mol. The number of hydrogen-bond acceptors (Lipinski definition) is 9. The number of amides is 2. The Morgan fingerprint density at radius 1 is 1.24 bits per heavy atom. The van der Waals surface area contributed by atoms with Crippen LogP contribution in [0.5, 0.6) is 0 Å². The van der Waals surface area contributed by atoms with Gasteiger partial charge in [0.1, 0.15) is 5.82 Å². The van der Waals surface area contributed by atoms with Crippen LogP contribution in [0.2, 0.25) is 0 Å². The fourth-order valence-corrected chi connectivity index (χ4v) is 5.12. The van der Waals surface area contributed by atoms with E-state index in [1.807, 2.05) is 4.90 Å². The number of carbonyl (C=O) groups excluding carboxylic acids is 1. The van der Waals surface area contributed by atoms with Gasteiger partial charge in [-0.2, -0.15) is 4.98 Å². The molecular weight excluding hydrogens is 422 g/mol. The van der Waals surface area contributed by atoms with E-state index in [0.717, 1.165) is 55.1 Å². The van der Waals surface area contributed by atoms with Crippen molar-refractivity contribution in [3.8, 4) is 11.3 Å². The molecule has 3 N–H and O–H groups in total. The van der Waals surface area contributed by atoms with E-state index in [1.165, 1.54) is 0 Å². The first-order valence-electron chi connectivity index (χ1n) is 11.5. The second-order valence-electron chi connectivity index (χ2n) is 9.25. The number of urea groups is 1. The molecule has 3 aliphatic heterocycles. The van der Waals surface area contributed by atoms with Gasteiger partial charge >= 0.3 is 6.03 Å². The van der Waals surface area contributed by atoms with Crippen molar-refractivity contribution in [2.75, 3.05) is 62.0 Å². The zero-order valence-corrected chi connectivity index (χ0v) is 19.4. The van der Waals surface area contributed by atoms with Crippen molar-refractivity contribution in [1.29, 1.82) is 0 Å². The normalized spacial score (nSPS) is 24.8. The highest BCUT2D eigenvalue weighted by molar-refractivity contribution is 5.76. The Hall–Kier alpha value is -3.21. The quantitative estimate of drug-likeness (QED) is 0.697. The lowest BCUT2D eigenvalue weighted by molar-refractivity contribution is 0.0981. The lowest BCUT2D eigenvalue weighted by Gasteiger charge is -2.38. The summed E-state index contributed by atoms with van der Waals surface area (Å²) in [5, 5.41) is 2.75. The van der Waals surface area contributed by atoms with E-state index in [1.54, 1.807) is 19.4 Å². The van der Waals surface area contributed by atoms with Crippen molar-refractivity contribution in [1.82, 2.24) is 30.2 Å². The average Bonchev–Trinajstić information content (AvgIpc) is 3.43. The Kier molecular flexibility index (Phi) is 5.43. The fourth-order valence-electron chi connectivity index (χ4n) is 5.12. The van der Waals surface area contributed by atoms with Gasteiger partial charge in [-0.25, -0.2) is 19.7 Å². The van der Waals surface area contributed by atoms with Crippen molar-refractivity contribution < 1.29 is 9.53 Å². The number of anilines is 3. The molecule has 0 spiro atoms. The zero-order chi connectivity index (χ0) is 23.2. The Morgan fingerprint density at radius 2 is 2.03 bits per heavy atom. The summed E-state index contributed by atoms with van der Waals surface area (Å²) in [5.41, 5.74) is 8.30. The molecule has 0 bridgehead atoms. The molecule has 2 amide bonds. The van der Waals surface area contributed by atoms with Gasteiger partial charge in [0, 0.05) is 56.7 Å². The van der Waals surface area contributed by atoms with Crippen LogP contribution in [0.25, 0.3) is 11.3 Å². The van der Waals surface area contributed by atoms with E-state index in [2.05, 4.69) is 38.9 Å². The van der Waals surface area contributed by atoms with Gasteiger partial charge in [-0.1, -0.05) is 0 Å². The number of likely N-dealkylation sites (tertiary alicyclic amines) is 1. The Balaban J connectivity index is 1.58. The fraction of sp³-hybridized carbons (Fsp3) is 0.591. The number of nitrogens with two attached hydrogens (primary N) is 1. The lowest BCUT2D eigenvalue weighted by Crippen LogP contribution is -2.50. The van der Waals surface area contributed by atoms with Crippen LogP contribution in [0.3, 0.4) is 0 Å². The molecule has 2 saturated heterocycles. The molecule has 2 aromatic heterocycles. The van der Waals surface area contributed by atoms with E-state index in [0.29, 0.717) is 25.7 Å². The molecule has 5 rings (SSSR count). The number of hydrogen-bond donors (Lipinski definition) is 2. The van der Waals surface area contributed by atoms with Crippen LogP contribution < -0.4 is 20.9 Å². The molecule has 0 unspecified atom stereocenters. The zero-order valence-electron chi connectivity index (χ0n) is 19.4. The van der Waals surface area contributed by atoms with Gasteiger partial charge in [-0.3, -0.25) is 0 Å². The minimum Gasteiger partial charge on any atom is -0.377 e. The number of nitrogen functional groups attached to an aromatic ring is 1. The molecule has 33 heavy (non-hydrogen) atoms. The number of fused-ring (bicyclic) bond motifs is 1. The van der Waals surface area contributed by atoms with Crippen LogP contribution in [0.1, 0.15) is 25.8 Å². The smallest absolute Gasteiger partial charge is 0.317 e. The van der Waals surface area contributed by atoms with Crippen molar-refractivity contribution >= 4 is 23.7 Å². The number of nitrogens with one attached hydrogen (secondary N) is 1. The number of rotatable bonds is 3. The minimum atomic E-state index is -0.200. The average molecular weight is 454 g/mol. The van der Waals surface area contributed by atoms with Crippen LogP contribution in [-0.4, -0.2) is 88.9 Å². The first-order valence-corrected chi connectivity index (χ1v) is 11.5. The SMILES string of the molecule is CNC(=O)N1CC[C@](C)(N2CCc3c(-c4cnc(N)nc4)nc(N4CCOC[C@@H]4C)nc32)C1. The first kappa shape index (κ1) is 21.6. The molecule has 2 fully saturated rings. The molecule has 3 aliphatic rings. The van der Waals surface area contributed by atoms with Crippen LogP contribution in [0.15, 0.2) is 12.4 Å². The summed E-state index contributed by atoms with van der Waals surface area (Å²) < 4.78 is 5.63. The largest absolute Gasteiger partial charge is 0.377 e. The summed E-state index contributed by atoms with van der Waals surface area (Å²) in [5.74, 6) is 1.86. The van der Waals surface area contributed by atoms with Gasteiger partial charge in [0.05, 0.1) is 30.5 Å². The number of carbonyl (C=O) groups is 1. The molecule has 11 heteroatoms. The van der Waals surface area contributed by atoms with Crippen LogP contribution >= 0.6 is 0 Å².